The monoisotopic (exact) mass is 284 g/mol. The fourth-order valence-electron chi connectivity index (χ4n) is 2.39. The van der Waals surface area contributed by atoms with Crippen LogP contribution in [0.1, 0.15) is 26.7 Å². The Morgan fingerprint density at radius 1 is 1.63 bits per heavy atom. The largest absolute Gasteiger partial charge is 0.382 e. The van der Waals surface area contributed by atoms with Gasteiger partial charge in [-0.3, -0.25) is 4.79 Å². The number of piperidine rings is 1. The van der Waals surface area contributed by atoms with Crippen molar-refractivity contribution in [3.8, 4) is 0 Å². The van der Waals surface area contributed by atoms with Crippen LogP contribution >= 0.6 is 11.6 Å². The number of aromatic nitrogens is 2. The van der Waals surface area contributed by atoms with Crippen molar-refractivity contribution in [1.82, 2.24) is 15.1 Å². The molecule has 0 bridgehead atoms. The van der Waals surface area contributed by atoms with Gasteiger partial charge in [-0.15, -0.1) is 0 Å². The van der Waals surface area contributed by atoms with E-state index in [2.05, 4.69) is 22.7 Å². The van der Waals surface area contributed by atoms with Gasteiger partial charge >= 0.3 is 0 Å². The standard InChI is InChI=1S/C13H21ClN4O/c1-3-18-12(19)11(14)10(7-17-18)16-9-13(2)5-4-6-15-8-13/h7,15-16H,3-6,8-9H2,1-2H3. The molecule has 1 unspecified atom stereocenters. The van der Waals surface area contributed by atoms with E-state index < -0.39 is 0 Å². The van der Waals surface area contributed by atoms with Crippen molar-refractivity contribution >= 4 is 17.3 Å². The molecule has 0 aliphatic carbocycles. The summed E-state index contributed by atoms with van der Waals surface area (Å²) >= 11 is 6.09. The van der Waals surface area contributed by atoms with Gasteiger partial charge in [0, 0.05) is 19.6 Å². The minimum atomic E-state index is -0.235. The van der Waals surface area contributed by atoms with E-state index in [0.717, 1.165) is 19.6 Å². The van der Waals surface area contributed by atoms with Crippen LogP contribution in [0.3, 0.4) is 0 Å². The second-order valence-corrected chi connectivity index (χ2v) is 5.82. The number of rotatable bonds is 4. The Balaban J connectivity index is 2.07. The molecule has 1 aromatic heterocycles. The smallest absolute Gasteiger partial charge is 0.287 e. The zero-order chi connectivity index (χ0) is 13.9. The molecule has 1 aromatic rings. The first-order chi connectivity index (χ1) is 9.06. The Hall–Kier alpha value is -1.07. The molecular formula is C13H21ClN4O. The molecule has 106 valence electrons. The Labute approximate surface area is 118 Å². The van der Waals surface area contributed by atoms with Crippen LogP contribution in [-0.2, 0) is 6.54 Å². The van der Waals surface area contributed by atoms with E-state index in [4.69, 9.17) is 11.6 Å². The van der Waals surface area contributed by atoms with Crippen LogP contribution in [0.4, 0.5) is 5.69 Å². The second kappa shape index (κ2) is 5.92. The van der Waals surface area contributed by atoms with E-state index in [1.54, 1.807) is 6.20 Å². The molecule has 5 nitrogen and oxygen atoms in total. The minimum absolute atomic E-state index is 0.196. The van der Waals surface area contributed by atoms with Crippen LogP contribution in [-0.4, -0.2) is 29.4 Å². The summed E-state index contributed by atoms with van der Waals surface area (Å²) in [6.07, 6.45) is 3.98. The number of anilines is 1. The van der Waals surface area contributed by atoms with Crippen LogP contribution in [0.5, 0.6) is 0 Å². The first-order valence-electron chi connectivity index (χ1n) is 6.76. The van der Waals surface area contributed by atoms with Crippen molar-refractivity contribution in [3.63, 3.8) is 0 Å². The Morgan fingerprint density at radius 2 is 2.42 bits per heavy atom. The van der Waals surface area contributed by atoms with Gasteiger partial charge in [-0.1, -0.05) is 18.5 Å². The van der Waals surface area contributed by atoms with Crippen molar-refractivity contribution < 1.29 is 0 Å². The number of nitrogens with zero attached hydrogens (tertiary/aromatic N) is 2. The highest BCUT2D eigenvalue weighted by molar-refractivity contribution is 6.32. The van der Waals surface area contributed by atoms with Crippen molar-refractivity contribution in [3.05, 3.63) is 21.6 Å². The Morgan fingerprint density at radius 3 is 3.05 bits per heavy atom. The lowest BCUT2D eigenvalue weighted by atomic mass is 9.83. The number of hydrogen-bond acceptors (Lipinski definition) is 4. The lowest BCUT2D eigenvalue weighted by Crippen LogP contribution is -2.42. The SMILES string of the molecule is CCn1ncc(NCC2(C)CCCNC2)c(Cl)c1=O. The number of hydrogen-bond donors (Lipinski definition) is 2. The number of halogens is 1. The summed E-state index contributed by atoms with van der Waals surface area (Å²) in [5, 5.41) is 11.0. The molecule has 0 aromatic carbocycles. The predicted molar refractivity (Wildman–Crippen MR) is 77.9 cm³/mol. The fraction of sp³-hybridized carbons (Fsp3) is 0.692. The van der Waals surface area contributed by atoms with Gasteiger partial charge in [-0.05, 0) is 31.7 Å². The van der Waals surface area contributed by atoms with Crippen molar-refractivity contribution in [1.29, 1.82) is 0 Å². The highest BCUT2D eigenvalue weighted by Gasteiger charge is 2.26. The molecule has 1 atom stereocenters. The minimum Gasteiger partial charge on any atom is -0.382 e. The number of nitrogens with one attached hydrogen (secondary N) is 2. The third kappa shape index (κ3) is 3.28. The molecule has 0 saturated carbocycles. The van der Waals surface area contributed by atoms with E-state index in [1.165, 1.54) is 17.5 Å². The van der Waals surface area contributed by atoms with Gasteiger partial charge in [0.2, 0.25) is 0 Å². The summed E-state index contributed by atoms with van der Waals surface area (Å²) in [6, 6.07) is 0. The molecule has 0 amide bonds. The van der Waals surface area contributed by atoms with Crippen molar-refractivity contribution in [2.75, 3.05) is 25.0 Å². The molecule has 0 spiro atoms. The van der Waals surface area contributed by atoms with E-state index in [9.17, 15) is 4.79 Å². The highest BCUT2D eigenvalue weighted by Crippen LogP contribution is 2.26. The van der Waals surface area contributed by atoms with Crippen LogP contribution in [0, 0.1) is 5.41 Å². The predicted octanol–water partition coefficient (Wildman–Crippen LogP) is 1.72. The maximum Gasteiger partial charge on any atom is 0.287 e. The van der Waals surface area contributed by atoms with Gasteiger partial charge in [0.25, 0.3) is 5.56 Å². The summed E-state index contributed by atoms with van der Waals surface area (Å²) in [7, 11) is 0. The maximum atomic E-state index is 11.9. The number of aryl methyl sites for hydroxylation is 1. The van der Waals surface area contributed by atoms with Crippen LogP contribution in [0.2, 0.25) is 5.02 Å². The van der Waals surface area contributed by atoms with Gasteiger partial charge in [-0.25, -0.2) is 4.68 Å². The second-order valence-electron chi connectivity index (χ2n) is 5.44. The van der Waals surface area contributed by atoms with E-state index in [0.29, 0.717) is 12.2 Å². The third-order valence-corrected chi connectivity index (χ3v) is 4.04. The summed E-state index contributed by atoms with van der Waals surface area (Å²) in [6.45, 7) is 7.49. The molecule has 0 radical (unpaired) electrons. The molecule has 2 heterocycles. The van der Waals surface area contributed by atoms with Crippen molar-refractivity contribution in [2.45, 2.75) is 33.2 Å². The zero-order valence-corrected chi connectivity index (χ0v) is 12.3. The average molecular weight is 285 g/mol. The highest BCUT2D eigenvalue weighted by atomic mass is 35.5. The molecule has 19 heavy (non-hydrogen) atoms. The van der Waals surface area contributed by atoms with Crippen molar-refractivity contribution in [2.24, 2.45) is 5.41 Å². The van der Waals surface area contributed by atoms with Gasteiger partial charge < -0.3 is 10.6 Å². The molecule has 1 aliphatic rings. The lowest BCUT2D eigenvalue weighted by molar-refractivity contribution is 0.253. The molecule has 6 heteroatoms. The first kappa shape index (κ1) is 14.3. The maximum absolute atomic E-state index is 11.9. The van der Waals surface area contributed by atoms with Gasteiger partial charge in [-0.2, -0.15) is 5.10 Å². The molecule has 1 aliphatic heterocycles. The van der Waals surface area contributed by atoms with E-state index >= 15 is 0 Å². The van der Waals surface area contributed by atoms with E-state index in [-0.39, 0.29) is 16.0 Å². The first-order valence-corrected chi connectivity index (χ1v) is 7.14. The van der Waals surface area contributed by atoms with Gasteiger partial charge in [0.15, 0.2) is 0 Å². The average Bonchev–Trinajstić information content (AvgIpc) is 2.41. The van der Waals surface area contributed by atoms with E-state index in [1.807, 2.05) is 6.92 Å². The summed E-state index contributed by atoms with van der Waals surface area (Å²) in [5.41, 5.74) is 0.588. The van der Waals surface area contributed by atoms with Gasteiger partial charge in [0.05, 0.1) is 11.9 Å². The Bertz CT molecular complexity index is 494. The van der Waals surface area contributed by atoms with Crippen LogP contribution in [0.25, 0.3) is 0 Å². The molecule has 1 saturated heterocycles. The molecule has 1 fully saturated rings. The van der Waals surface area contributed by atoms with Crippen LogP contribution in [0.15, 0.2) is 11.0 Å². The van der Waals surface area contributed by atoms with Crippen LogP contribution < -0.4 is 16.2 Å². The molecular weight excluding hydrogens is 264 g/mol. The normalized spacial score (nSPS) is 23.3. The Kier molecular flexibility index (Phi) is 4.47. The quantitative estimate of drug-likeness (QED) is 0.884. The topological polar surface area (TPSA) is 59.0 Å². The van der Waals surface area contributed by atoms with Gasteiger partial charge in [0.1, 0.15) is 5.02 Å². The molecule has 2 rings (SSSR count). The summed E-state index contributed by atoms with van der Waals surface area (Å²) in [5.74, 6) is 0. The fourth-order valence-corrected chi connectivity index (χ4v) is 2.60. The summed E-state index contributed by atoms with van der Waals surface area (Å²) < 4.78 is 1.36. The lowest BCUT2D eigenvalue weighted by Gasteiger charge is -2.34. The summed E-state index contributed by atoms with van der Waals surface area (Å²) in [4.78, 5) is 11.9. The third-order valence-electron chi connectivity index (χ3n) is 3.68. The zero-order valence-electron chi connectivity index (χ0n) is 11.5. The molecule has 2 N–H and O–H groups in total.